The molecule has 0 spiro atoms. The Hall–Kier alpha value is -0.360. The van der Waals surface area contributed by atoms with Crippen molar-refractivity contribution < 1.29 is 4.74 Å². The summed E-state index contributed by atoms with van der Waals surface area (Å²) < 4.78 is 5.81. The van der Waals surface area contributed by atoms with Crippen LogP contribution in [0.5, 0.6) is 0 Å². The fraction of sp³-hybridized carbons (Fsp3) is 0.364. The van der Waals surface area contributed by atoms with Crippen molar-refractivity contribution in [3.05, 3.63) is 27.7 Å². The Morgan fingerprint density at radius 1 is 1.53 bits per heavy atom. The second kappa shape index (κ2) is 7.87. The Balaban J connectivity index is 2.37. The van der Waals surface area contributed by atoms with Gasteiger partial charge in [0.15, 0.2) is 5.11 Å². The van der Waals surface area contributed by atoms with E-state index in [2.05, 4.69) is 26.6 Å². The molecule has 0 atom stereocenters. The van der Waals surface area contributed by atoms with E-state index in [0.29, 0.717) is 10.1 Å². The fourth-order valence-corrected chi connectivity index (χ4v) is 1.81. The van der Waals surface area contributed by atoms with Gasteiger partial charge in [0, 0.05) is 30.4 Å². The number of thiocarbonyl (C=S) groups is 1. The maximum absolute atomic E-state index is 5.98. The number of benzene rings is 1. The molecule has 0 fully saturated rings. The molecule has 1 aromatic carbocycles. The van der Waals surface area contributed by atoms with E-state index in [1.807, 2.05) is 18.2 Å². The lowest BCUT2D eigenvalue weighted by Crippen LogP contribution is -2.29. The van der Waals surface area contributed by atoms with Gasteiger partial charge in [-0.05, 0) is 52.8 Å². The highest BCUT2D eigenvalue weighted by Gasteiger charge is 2.00. The van der Waals surface area contributed by atoms with E-state index in [1.165, 1.54) is 0 Å². The minimum atomic E-state index is 0.583. The van der Waals surface area contributed by atoms with Crippen molar-refractivity contribution in [2.45, 2.75) is 6.42 Å². The van der Waals surface area contributed by atoms with Crippen LogP contribution in [0.25, 0.3) is 0 Å². The standard InChI is InChI=1S/C11H14BrClN2OS/c1-16-6-2-5-14-11(17)15-8-3-4-9(12)10(13)7-8/h3-4,7H,2,5-6H2,1H3,(H2,14,15,17). The molecule has 0 bridgehead atoms. The Bertz CT molecular complexity index is 390. The monoisotopic (exact) mass is 336 g/mol. The topological polar surface area (TPSA) is 33.3 Å². The third kappa shape index (κ3) is 5.68. The van der Waals surface area contributed by atoms with E-state index in [0.717, 1.165) is 29.7 Å². The first-order valence-corrected chi connectivity index (χ1v) is 6.70. The number of halogens is 2. The zero-order valence-corrected chi connectivity index (χ0v) is 12.6. The Labute approximate surface area is 120 Å². The lowest BCUT2D eigenvalue weighted by Gasteiger charge is -2.10. The van der Waals surface area contributed by atoms with Crippen LogP contribution in [0.2, 0.25) is 5.02 Å². The first-order chi connectivity index (χ1) is 8.13. The summed E-state index contributed by atoms with van der Waals surface area (Å²) in [5, 5.41) is 7.38. The van der Waals surface area contributed by atoms with Crippen molar-refractivity contribution in [1.82, 2.24) is 5.32 Å². The number of ether oxygens (including phenoxy) is 1. The lowest BCUT2D eigenvalue weighted by atomic mass is 10.3. The van der Waals surface area contributed by atoms with Crippen LogP contribution in [-0.4, -0.2) is 25.4 Å². The first-order valence-electron chi connectivity index (χ1n) is 5.12. The van der Waals surface area contributed by atoms with Crippen LogP contribution in [0, 0.1) is 0 Å². The summed E-state index contributed by atoms with van der Waals surface area (Å²) in [6.07, 6.45) is 0.916. The number of hydrogen-bond donors (Lipinski definition) is 2. The van der Waals surface area contributed by atoms with E-state index >= 15 is 0 Å². The molecule has 3 nitrogen and oxygen atoms in total. The molecule has 0 saturated heterocycles. The van der Waals surface area contributed by atoms with Crippen LogP contribution in [0.1, 0.15) is 6.42 Å². The van der Waals surface area contributed by atoms with E-state index in [4.69, 9.17) is 28.6 Å². The van der Waals surface area contributed by atoms with Gasteiger partial charge >= 0.3 is 0 Å². The van der Waals surface area contributed by atoms with Gasteiger partial charge in [-0.2, -0.15) is 0 Å². The molecular formula is C11H14BrClN2OS. The lowest BCUT2D eigenvalue weighted by molar-refractivity contribution is 0.196. The molecule has 0 aromatic heterocycles. The van der Waals surface area contributed by atoms with Crippen LogP contribution < -0.4 is 10.6 Å². The largest absolute Gasteiger partial charge is 0.385 e. The van der Waals surface area contributed by atoms with E-state index in [-0.39, 0.29) is 0 Å². The highest BCUT2D eigenvalue weighted by molar-refractivity contribution is 9.10. The maximum Gasteiger partial charge on any atom is 0.170 e. The second-order valence-electron chi connectivity index (χ2n) is 3.36. The van der Waals surface area contributed by atoms with Gasteiger partial charge in [-0.1, -0.05) is 11.6 Å². The third-order valence-electron chi connectivity index (χ3n) is 1.99. The van der Waals surface area contributed by atoms with Crippen molar-refractivity contribution >= 4 is 50.5 Å². The van der Waals surface area contributed by atoms with Gasteiger partial charge in [0.05, 0.1) is 5.02 Å². The molecule has 0 heterocycles. The van der Waals surface area contributed by atoms with Gasteiger partial charge in [-0.3, -0.25) is 0 Å². The molecule has 0 aliphatic heterocycles. The zero-order valence-electron chi connectivity index (χ0n) is 9.43. The van der Waals surface area contributed by atoms with Crippen molar-refractivity contribution in [3.8, 4) is 0 Å². The molecule has 0 unspecified atom stereocenters. The Morgan fingerprint density at radius 3 is 2.94 bits per heavy atom. The summed E-state index contributed by atoms with van der Waals surface area (Å²) in [7, 11) is 1.68. The second-order valence-corrected chi connectivity index (χ2v) is 5.03. The van der Waals surface area contributed by atoms with Crippen molar-refractivity contribution in [3.63, 3.8) is 0 Å². The number of nitrogens with one attached hydrogen (secondary N) is 2. The molecule has 0 amide bonds. The minimum absolute atomic E-state index is 0.583. The summed E-state index contributed by atoms with van der Waals surface area (Å²) in [6, 6.07) is 5.59. The molecule has 2 N–H and O–H groups in total. The van der Waals surface area contributed by atoms with E-state index < -0.39 is 0 Å². The number of hydrogen-bond acceptors (Lipinski definition) is 2. The van der Waals surface area contributed by atoms with E-state index in [1.54, 1.807) is 7.11 Å². The van der Waals surface area contributed by atoms with Gasteiger partial charge in [0.2, 0.25) is 0 Å². The molecule has 0 aliphatic carbocycles. The van der Waals surface area contributed by atoms with Crippen molar-refractivity contribution in [1.29, 1.82) is 0 Å². The number of rotatable bonds is 5. The minimum Gasteiger partial charge on any atom is -0.385 e. The predicted octanol–water partition coefficient (Wildman–Crippen LogP) is 3.43. The van der Waals surface area contributed by atoms with Gasteiger partial charge in [0.25, 0.3) is 0 Å². The number of methoxy groups -OCH3 is 1. The van der Waals surface area contributed by atoms with Crippen LogP contribution in [0.3, 0.4) is 0 Å². The smallest absolute Gasteiger partial charge is 0.170 e. The molecule has 1 aromatic rings. The SMILES string of the molecule is COCCCNC(=S)Nc1ccc(Br)c(Cl)c1. The molecule has 1 rings (SSSR count). The molecule has 0 radical (unpaired) electrons. The quantitative estimate of drug-likeness (QED) is 0.637. The molecular weight excluding hydrogens is 324 g/mol. The van der Waals surface area contributed by atoms with Crippen LogP contribution in [0.15, 0.2) is 22.7 Å². The van der Waals surface area contributed by atoms with Gasteiger partial charge < -0.3 is 15.4 Å². The Kier molecular flexibility index (Phi) is 6.80. The van der Waals surface area contributed by atoms with Gasteiger partial charge in [-0.15, -0.1) is 0 Å². The van der Waals surface area contributed by atoms with Crippen LogP contribution in [0.4, 0.5) is 5.69 Å². The number of anilines is 1. The highest BCUT2D eigenvalue weighted by atomic mass is 79.9. The highest BCUT2D eigenvalue weighted by Crippen LogP contribution is 2.25. The predicted molar refractivity (Wildman–Crippen MR) is 79.9 cm³/mol. The van der Waals surface area contributed by atoms with Crippen molar-refractivity contribution in [2.24, 2.45) is 0 Å². The Morgan fingerprint density at radius 2 is 2.29 bits per heavy atom. The van der Waals surface area contributed by atoms with Gasteiger partial charge in [0.1, 0.15) is 0 Å². The fourth-order valence-electron chi connectivity index (χ4n) is 1.17. The summed E-state index contributed by atoms with van der Waals surface area (Å²) in [5.74, 6) is 0. The van der Waals surface area contributed by atoms with Crippen molar-refractivity contribution in [2.75, 3.05) is 25.6 Å². The molecule has 0 aliphatic rings. The third-order valence-corrected chi connectivity index (χ3v) is 3.47. The summed E-state index contributed by atoms with van der Waals surface area (Å²) in [6.45, 7) is 1.50. The van der Waals surface area contributed by atoms with Crippen LogP contribution >= 0.6 is 39.7 Å². The van der Waals surface area contributed by atoms with Crippen LogP contribution in [-0.2, 0) is 4.74 Å². The zero-order chi connectivity index (χ0) is 12.7. The molecule has 17 heavy (non-hydrogen) atoms. The molecule has 94 valence electrons. The van der Waals surface area contributed by atoms with Gasteiger partial charge in [-0.25, -0.2) is 0 Å². The normalized spacial score (nSPS) is 10.1. The summed E-state index contributed by atoms with van der Waals surface area (Å²) in [5.41, 5.74) is 0.863. The average Bonchev–Trinajstić information content (AvgIpc) is 2.30. The molecule has 0 saturated carbocycles. The molecule has 6 heteroatoms. The van der Waals surface area contributed by atoms with E-state index in [9.17, 15) is 0 Å². The first kappa shape index (κ1) is 14.7. The summed E-state index contributed by atoms with van der Waals surface area (Å²) in [4.78, 5) is 0. The summed E-state index contributed by atoms with van der Waals surface area (Å²) >= 11 is 14.5. The average molecular weight is 338 g/mol. The maximum atomic E-state index is 5.98.